The molecule has 0 unspecified atom stereocenters. The maximum Gasteiger partial charge on any atom is 0.339 e. The van der Waals surface area contributed by atoms with E-state index in [0.29, 0.717) is 93.1 Å². The highest BCUT2D eigenvalue weighted by molar-refractivity contribution is 9.12. The Balaban J connectivity index is 0.000000190. The fourth-order valence-electron chi connectivity index (χ4n) is 15.9. The minimum Gasteiger partial charge on any atom is -0.478 e. The molecule has 0 saturated carbocycles. The van der Waals surface area contributed by atoms with Crippen molar-refractivity contribution in [3.8, 4) is 46.2 Å². The number of aromatic carboxylic acids is 1. The molecule has 17 rings (SSSR count). The van der Waals surface area contributed by atoms with E-state index in [1.54, 1.807) is 30.3 Å². The van der Waals surface area contributed by atoms with Crippen LogP contribution < -0.4 is 25.6 Å². The number of nitriles is 3. The van der Waals surface area contributed by atoms with Crippen LogP contribution in [0.5, 0.6) is 5.75 Å². The first-order valence-corrected chi connectivity index (χ1v) is 51.0. The first kappa shape index (κ1) is 106. The number of nitrogens with two attached hydrogens (primary N) is 1. The number of nitrogens with zero attached hydrogens (tertiary/aromatic N) is 8. The second-order valence-corrected chi connectivity index (χ2v) is 45.0. The first-order valence-electron chi connectivity index (χ1n) is 40.2. The number of rotatable bonds is 11. The van der Waals surface area contributed by atoms with Gasteiger partial charge < -0.3 is 30.7 Å². The average Bonchev–Trinajstić information content (AvgIpc) is 0.735. The SMILES string of the molecule is C.Cc1ccc(C2c3ccccc3C(C)(C)c3ccccc32)cc1.NC(=O)c1cc(Br)c(NC=O)cc1Br.O=COc1cc(Br)c(C(=O)O)cc1Br.O=P(Cl)(Cl)Cl.[C-]#[N+]c1cc(-c2ccc(N3c4ccccc4C(C)(C)c4ccccc43)cc2)c(C#N)cc1-c1ccc(N2c3ccccc3C(C)(C)c3ccccc32)cc1.[C-]#[N+]c1cc(Br)c(C#N)cc1Br.[C-]#[N+]c1cc(Br)c(C#N)cc1Br. The van der Waals surface area contributed by atoms with Crippen molar-refractivity contribution < 1.29 is 33.6 Å². The lowest BCUT2D eigenvalue weighted by Gasteiger charge is -2.42. The Kier molecular flexibility index (Phi) is 36.2. The Bertz CT molecular complexity index is 6670. The molecule has 0 radical (unpaired) electrons. The molecule has 0 bridgehead atoms. The van der Waals surface area contributed by atoms with Crippen molar-refractivity contribution in [2.75, 3.05) is 15.1 Å². The molecule has 3 aliphatic rings. The van der Waals surface area contributed by atoms with Crippen molar-refractivity contribution in [3.05, 3.63) is 433 Å². The van der Waals surface area contributed by atoms with Gasteiger partial charge in [0.2, 0.25) is 23.7 Å². The standard InChI is InChI=1S/C50H38N4.C23H22.C8H6Br2N2O2.2C8H2Br2N2.C8H4Br2O4.CH4.Cl3OP/c1-49(2)40-14-6-10-18-45(40)53(46-19-11-7-15-41(46)49)36-26-22-33(23-27-36)38-31-44(52-5)39(30-35(38)32-51)34-24-28-37(29-25-34)54-47-20-12-8-16-42(47)50(3,4)43-17-9-13-21-48(43)54;1-16-12-14-17(15-13-16)22-18-8-4-6-10-20(18)23(2,3)21-11-7-5-9-19(21)22;9-5-2-7(12-3-13)6(10)1-4(5)8(11)14;2*1-12-8-3-6(9)5(4-11)2-7(8)10;9-5-2-7(14-3-11)6(10)1-4(5)8(12)13;;1-5(2,3)4/h6-31H,1-4H3;4-15,22H,1-3H3;1-3H,(H2,11,14)(H,12,13);2*2-3H;1-3H,(H,12,13);1H4;. The number of halogens is 11. The van der Waals surface area contributed by atoms with Crippen LogP contribution in [-0.4, -0.2) is 29.9 Å². The first-order chi connectivity index (χ1) is 63.8. The minimum absolute atomic E-state index is 0. The van der Waals surface area contributed by atoms with Gasteiger partial charge in [-0.3, -0.25) is 18.9 Å². The highest BCUT2D eigenvalue weighted by Crippen LogP contribution is 2.62. The quantitative estimate of drug-likeness (QED) is 0.0622. The molecule has 0 aromatic heterocycles. The number of carboxylic acid groups (broad SMARTS) is 1. The second-order valence-electron chi connectivity index (χ2n) is 31.5. The summed E-state index contributed by atoms with van der Waals surface area (Å²) < 4.78 is 18.6. The maximum absolute atomic E-state index is 10.9. The summed E-state index contributed by atoms with van der Waals surface area (Å²) in [6.07, 6.45) is 0.552. The number of carboxylic acids is 1. The Morgan fingerprint density at radius 3 is 1.19 bits per heavy atom. The third-order valence-electron chi connectivity index (χ3n) is 22.3. The van der Waals surface area contributed by atoms with Crippen LogP contribution in [0, 0.1) is 60.6 Å². The van der Waals surface area contributed by atoms with Crippen LogP contribution in [0.3, 0.4) is 0 Å². The molecule has 0 saturated heterocycles. The number of nitrogens with one attached hydrogen (secondary N) is 1. The van der Waals surface area contributed by atoms with Crippen molar-refractivity contribution in [2.24, 2.45) is 5.73 Å². The normalized spacial score (nSPS) is 12.4. The number of aryl methyl sites for hydroxylation is 1. The van der Waals surface area contributed by atoms with Crippen LogP contribution in [0.25, 0.3) is 36.8 Å². The number of fused-ring (bicyclic) bond motifs is 6. The van der Waals surface area contributed by atoms with Crippen LogP contribution in [0.1, 0.15) is 148 Å². The Morgan fingerprint density at radius 1 is 0.452 bits per heavy atom. The molecule has 0 atom stereocenters. The summed E-state index contributed by atoms with van der Waals surface area (Å²) in [7, 11) is 0. The highest BCUT2D eigenvalue weighted by Gasteiger charge is 2.40. The van der Waals surface area contributed by atoms with Gasteiger partial charge in [-0.15, -0.1) is 0 Å². The summed E-state index contributed by atoms with van der Waals surface area (Å²) in [6, 6.07) is 101. The number of anilines is 7. The fraction of sp³-hybridized carbons (Fsp3) is 0.113. The van der Waals surface area contributed by atoms with Crippen molar-refractivity contribution >= 4 is 248 Å². The lowest BCUT2D eigenvalue weighted by atomic mass is 9.64. The minimum atomic E-state index is -3.22. The van der Waals surface area contributed by atoms with E-state index in [-0.39, 0.29) is 41.5 Å². The van der Waals surface area contributed by atoms with Gasteiger partial charge in [-0.25, -0.2) is 19.3 Å². The number of hydrogen-bond acceptors (Lipinski definition) is 11. The van der Waals surface area contributed by atoms with Gasteiger partial charge >= 0.3 is 11.2 Å². The molecule has 135 heavy (non-hydrogen) atoms. The van der Waals surface area contributed by atoms with E-state index in [1.165, 1.54) is 73.8 Å². The number of hydrogen-bond donors (Lipinski definition) is 3. The van der Waals surface area contributed by atoms with Crippen molar-refractivity contribution in [1.29, 1.82) is 15.8 Å². The molecule has 14 aromatic rings. The molecule has 0 spiro atoms. The summed E-state index contributed by atoms with van der Waals surface area (Å²) in [6.45, 7) is 38.0. The number of benzene rings is 14. The number of primary amides is 1. The number of carbonyl (C=O) groups is 4. The number of carbonyl (C=O) groups excluding carboxylic acids is 3. The molecule has 676 valence electrons. The number of amides is 2. The third kappa shape index (κ3) is 24.3. The molecule has 2 heterocycles. The predicted octanol–water partition coefficient (Wildman–Crippen LogP) is 34.5. The molecule has 14 aromatic carbocycles. The summed E-state index contributed by atoms with van der Waals surface area (Å²) in [5, 5.41) is 35.7. The predicted molar refractivity (Wildman–Crippen MR) is 572 cm³/mol. The van der Waals surface area contributed by atoms with Gasteiger partial charge in [0.05, 0.1) is 86.5 Å². The Hall–Kier alpha value is -11.6. The molecule has 1 aliphatic carbocycles. The third-order valence-corrected chi connectivity index (χ3v) is 27.5. The summed E-state index contributed by atoms with van der Waals surface area (Å²) in [5.74, 6) is -1.00. The zero-order valence-corrected chi connectivity index (χ0v) is 87.8. The molecule has 0 fully saturated rings. The topological polar surface area (TPSA) is 244 Å². The van der Waals surface area contributed by atoms with Gasteiger partial charge in [-0.05, 0) is 286 Å². The molecule has 4 N–H and O–H groups in total. The molecule has 29 heteroatoms. The summed E-state index contributed by atoms with van der Waals surface area (Å²) in [4.78, 5) is 57.1. The lowest BCUT2D eigenvalue weighted by Crippen LogP contribution is -2.30. The van der Waals surface area contributed by atoms with Gasteiger partial charge in [0.25, 0.3) is 6.47 Å². The maximum atomic E-state index is 10.9. The highest BCUT2D eigenvalue weighted by atomic mass is 79.9. The summed E-state index contributed by atoms with van der Waals surface area (Å²) in [5.41, 5.74) is 32.6. The zero-order chi connectivity index (χ0) is 97.4. The Morgan fingerprint density at radius 2 is 0.815 bits per heavy atom. The van der Waals surface area contributed by atoms with E-state index >= 15 is 0 Å². The molecule has 17 nitrogen and oxygen atoms in total. The number of ether oxygens (including phenoxy) is 1. The van der Waals surface area contributed by atoms with Crippen molar-refractivity contribution in [1.82, 2.24) is 0 Å². The van der Waals surface area contributed by atoms with Crippen LogP contribution in [0.15, 0.2) is 315 Å². The van der Waals surface area contributed by atoms with E-state index in [9.17, 15) is 29.0 Å². The molecule has 2 amide bonds. The van der Waals surface area contributed by atoms with Gasteiger partial charge in [0.15, 0.2) is 5.69 Å². The van der Waals surface area contributed by atoms with E-state index in [4.69, 9.17) is 41.1 Å². The second kappa shape index (κ2) is 46.3. The van der Waals surface area contributed by atoms with E-state index < -0.39 is 17.1 Å². The molecular formula is C106H78Br8Cl3N10O7P. The van der Waals surface area contributed by atoms with Crippen LogP contribution in [0.2, 0.25) is 0 Å². The monoisotopic (exact) mass is 2370 g/mol. The zero-order valence-electron chi connectivity index (χ0n) is 71.9. The fourth-order valence-corrected chi connectivity index (χ4v) is 19.6. The van der Waals surface area contributed by atoms with Gasteiger partial charge in [-0.2, -0.15) is 15.8 Å². The van der Waals surface area contributed by atoms with Gasteiger partial charge in [-0.1, -0.05) is 288 Å². The van der Waals surface area contributed by atoms with Crippen molar-refractivity contribution in [2.45, 2.75) is 78.1 Å². The van der Waals surface area contributed by atoms with Crippen LogP contribution in [0.4, 0.5) is 56.9 Å². The van der Waals surface area contributed by atoms with Gasteiger partial charge in [0.1, 0.15) is 17.9 Å². The molecule has 2 aliphatic heterocycles. The van der Waals surface area contributed by atoms with Crippen LogP contribution >= 0.6 is 166 Å². The summed E-state index contributed by atoms with van der Waals surface area (Å²) >= 11 is 39.1. The van der Waals surface area contributed by atoms with Gasteiger partial charge in [0, 0.05) is 64.8 Å². The Labute approximate surface area is 866 Å². The number of para-hydroxylation sites is 4. The lowest BCUT2D eigenvalue weighted by molar-refractivity contribution is -0.120. The smallest absolute Gasteiger partial charge is 0.339 e. The van der Waals surface area contributed by atoms with Crippen LogP contribution in [-0.2, 0) is 30.4 Å². The largest absolute Gasteiger partial charge is 0.478 e. The van der Waals surface area contributed by atoms with E-state index in [1.807, 2.05) is 24.3 Å². The average molecular weight is 2380 g/mol. The molecular weight excluding hydrogens is 2300 g/mol. The van der Waals surface area contributed by atoms with Crippen molar-refractivity contribution in [3.63, 3.8) is 0 Å². The van der Waals surface area contributed by atoms with E-state index in [2.05, 4.69) is 468 Å². The van der Waals surface area contributed by atoms with E-state index in [0.717, 1.165) is 56.4 Å².